The van der Waals surface area contributed by atoms with Gasteiger partial charge in [-0.1, -0.05) is 66.7 Å². The minimum atomic E-state index is -0.260. The van der Waals surface area contributed by atoms with Gasteiger partial charge in [0.05, 0.1) is 5.69 Å². The number of hydrogen-bond acceptors (Lipinski definition) is 4. The average Bonchev–Trinajstić information content (AvgIpc) is 3.45. The summed E-state index contributed by atoms with van der Waals surface area (Å²) in [5.41, 5.74) is 5.19. The van der Waals surface area contributed by atoms with Gasteiger partial charge in [-0.05, 0) is 60.9 Å². The van der Waals surface area contributed by atoms with E-state index >= 15 is 0 Å². The minimum absolute atomic E-state index is 0.167. The molecule has 39 heavy (non-hydrogen) atoms. The predicted octanol–water partition coefficient (Wildman–Crippen LogP) is 6.76. The van der Waals surface area contributed by atoms with E-state index in [0.717, 1.165) is 34.9 Å². The predicted molar refractivity (Wildman–Crippen MR) is 155 cm³/mol. The summed E-state index contributed by atoms with van der Waals surface area (Å²) in [4.78, 5) is 31.3. The molecule has 0 aliphatic carbocycles. The number of nitrogens with zero attached hydrogens (tertiary/aromatic N) is 3. The summed E-state index contributed by atoms with van der Waals surface area (Å²) in [6.45, 7) is 3.40. The topological polar surface area (TPSA) is 63.9 Å². The standard InChI is InChI=1S/C33H27N3O3/c1-2-35-29-15-9-7-13-26(29)27-20-24(16-17-30(27)35)21-31-32(38)36(19-18-23-10-4-3-5-11-23)33(39-31)34-28-14-8-6-12-25(28)22-37/h3-17,20-22H,2,18-19H2,1H3/b31-21+,34-33+. The Bertz CT molecular complexity index is 1770. The van der Waals surface area contributed by atoms with Gasteiger partial charge in [-0.15, -0.1) is 0 Å². The fraction of sp³-hybridized carbons (Fsp3) is 0.121. The maximum absolute atomic E-state index is 13.6. The number of hydrogen-bond donors (Lipinski definition) is 0. The molecule has 6 rings (SSSR count). The Balaban J connectivity index is 1.39. The Kier molecular flexibility index (Phi) is 6.51. The molecule has 6 nitrogen and oxygen atoms in total. The van der Waals surface area contributed by atoms with Gasteiger partial charge in [0.25, 0.3) is 5.91 Å². The smallest absolute Gasteiger partial charge is 0.305 e. The van der Waals surface area contributed by atoms with Crippen LogP contribution in [-0.2, 0) is 22.5 Å². The summed E-state index contributed by atoms with van der Waals surface area (Å²) in [6, 6.07) is 31.7. The Hall–Kier alpha value is -4.97. The molecule has 0 spiro atoms. The number of para-hydroxylation sites is 2. The van der Waals surface area contributed by atoms with Crippen LogP contribution in [0.3, 0.4) is 0 Å². The number of amidine groups is 1. The number of aliphatic imine (C=N–C) groups is 1. The highest BCUT2D eigenvalue weighted by atomic mass is 16.5. The number of rotatable bonds is 7. The molecule has 1 fully saturated rings. The number of aryl methyl sites for hydroxylation is 1. The van der Waals surface area contributed by atoms with Crippen molar-refractivity contribution in [1.82, 2.24) is 9.47 Å². The van der Waals surface area contributed by atoms with E-state index in [4.69, 9.17) is 4.74 Å². The lowest BCUT2D eigenvalue weighted by Gasteiger charge is -2.13. The van der Waals surface area contributed by atoms with Crippen molar-refractivity contribution in [3.8, 4) is 0 Å². The molecule has 1 amide bonds. The van der Waals surface area contributed by atoms with Gasteiger partial charge in [0, 0.05) is 40.5 Å². The first kappa shape index (κ1) is 24.4. The highest BCUT2D eigenvalue weighted by molar-refractivity contribution is 6.13. The van der Waals surface area contributed by atoms with E-state index in [-0.39, 0.29) is 17.7 Å². The third-order valence-electron chi connectivity index (χ3n) is 7.05. The fourth-order valence-electron chi connectivity index (χ4n) is 5.12. The zero-order valence-electron chi connectivity index (χ0n) is 21.6. The van der Waals surface area contributed by atoms with Gasteiger partial charge < -0.3 is 9.30 Å². The van der Waals surface area contributed by atoms with Gasteiger partial charge in [0.15, 0.2) is 12.0 Å². The zero-order valence-corrected chi connectivity index (χ0v) is 21.6. The van der Waals surface area contributed by atoms with Crippen LogP contribution in [0.2, 0.25) is 0 Å². The van der Waals surface area contributed by atoms with Crippen LogP contribution >= 0.6 is 0 Å². The lowest BCUT2D eigenvalue weighted by Crippen LogP contribution is -2.31. The Labute approximate surface area is 226 Å². The van der Waals surface area contributed by atoms with Gasteiger partial charge in [-0.3, -0.25) is 14.5 Å². The molecule has 192 valence electrons. The number of aromatic nitrogens is 1. The van der Waals surface area contributed by atoms with Crippen molar-refractivity contribution in [3.05, 3.63) is 120 Å². The molecule has 4 aromatic carbocycles. The van der Waals surface area contributed by atoms with Crippen LogP contribution in [0.15, 0.2) is 108 Å². The van der Waals surface area contributed by atoms with E-state index in [9.17, 15) is 9.59 Å². The highest BCUT2D eigenvalue weighted by Crippen LogP contribution is 2.31. The second kappa shape index (κ2) is 10.4. The number of carbonyl (C=O) groups is 2. The number of amides is 1. The number of aldehydes is 1. The maximum atomic E-state index is 13.6. The van der Waals surface area contributed by atoms with E-state index in [1.165, 1.54) is 10.9 Å². The van der Waals surface area contributed by atoms with E-state index in [1.807, 2.05) is 42.5 Å². The minimum Gasteiger partial charge on any atom is -0.419 e. The third-order valence-corrected chi connectivity index (χ3v) is 7.05. The Morgan fingerprint density at radius 3 is 2.41 bits per heavy atom. The quantitative estimate of drug-likeness (QED) is 0.178. The van der Waals surface area contributed by atoms with Crippen molar-refractivity contribution in [2.24, 2.45) is 4.99 Å². The summed E-state index contributed by atoms with van der Waals surface area (Å²) in [5, 5.41) is 2.30. The molecule has 1 saturated heterocycles. The van der Waals surface area contributed by atoms with Crippen LogP contribution in [0, 0.1) is 0 Å². The van der Waals surface area contributed by atoms with Crippen molar-refractivity contribution >= 4 is 51.8 Å². The van der Waals surface area contributed by atoms with E-state index in [2.05, 4.69) is 46.8 Å². The SMILES string of the molecule is CCn1c2ccccc2c2cc(/C=C3/O/C(=N/c4ccccc4C=O)N(CCc4ccccc4)C3=O)ccc21. The van der Waals surface area contributed by atoms with Crippen molar-refractivity contribution in [2.75, 3.05) is 6.54 Å². The Morgan fingerprint density at radius 2 is 1.59 bits per heavy atom. The van der Waals surface area contributed by atoms with Crippen LogP contribution in [-0.4, -0.2) is 34.2 Å². The highest BCUT2D eigenvalue weighted by Gasteiger charge is 2.35. The summed E-state index contributed by atoms with van der Waals surface area (Å²) in [7, 11) is 0. The molecular weight excluding hydrogens is 486 g/mol. The van der Waals surface area contributed by atoms with Crippen molar-refractivity contribution in [3.63, 3.8) is 0 Å². The number of fused-ring (bicyclic) bond motifs is 3. The summed E-state index contributed by atoms with van der Waals surface area (Å²) in [5.74, 6) is -0.0617. The molecule has 6 heteroatoms. The van der Waals surface area contributed by atoms with Gasteiger partial charge >= 0.3 is 6.02 Å². The van der Waals surface area contributed by atoms with Crippen molar-refractivity contribution in [1.29, 1.82) is 0 Å². The molecular formula is C33H27N3O3. The zero-order chi connectivity index (χ0) is 26.8. The fourth-order valence-corrected chi connectivity index (χ4v) is 5.12. The molecule has 5 aromatic rings. The summed E-state index contributed by atoms with van der Waals surface area (Å²) < 4.78 is 8.37. The molecule has 0 bridgehead atoms. The van der Waals surface area contributed by atoms with Gasteiger partial charge in [0.1, 0.15) is 0 Å². The van der Waals surface area contributed by atoms with Gasteiger partial charge in [-0.2, -0.15) is 4.99 Å². The van der Waals surface area contributed by atoms with Crippen molar-refractivity contribution in [2.45, 2.75) is 19.9 Å². The second-order valence-corrected chi connectivity index (χ2v) is 9.41. The lowest BCUT2D eigenvalue weighted by atomic mass is 10.1. The molecule has 0 atom stereocenters. The van der Waals surface area contributed by atoms with Crippen LogP contribution in [0.4, 0.5) is 5.69 Å². The molecule has 1 aromatic heterocycles. The molecule has 2 heterocycles. The molecule has 0 saturated carbocycles. The molecule has 1 aliphatic heterocycles. The summed E-state index contributed by atoms with van der Waals surface area (Å²) >= 11 is 0. The van der Waals surface area contributed by atoms with Crippen molar-refractivity contribution < 1.29 is 14.3 Å². The first-order valence-corrected chi connectivity index (χ1v) is 13.1. The largest absolute Gasteiger partial charge is 0.419 e. The third kappa shape index (κ3) is 4.61. The number of carbonyl (C=O) groups excluding carboxylic acids is 2. The van der Waals surface area contributed by atoms with Gasteiger partial charge in [-0.25, -0.2) is 0 Å². The number of ether oxygens (including phenoxy) is 1. The molecule has 1 aliphatic rings. The van der Waals surface area contributed by atoms with Crippen LogP contribution < -0.4 is 0 Å². The maximum Gasteiger partial charge on any atom is 0.305 e. The lowest BCUT2D eigenvalue weighted by molar-refractivity contribution is -0.122. The normalized spacial score (nSPS) is 15.5. The molecule has 0 unspecified atom stereocenters. The second-order valence-electron chi connectivity index (χ2n) is 9.41. The average molecular weight is 514 g/mol. The molecule has 0 N–H and O–H groups in total. The van der Waals surface area contributed by atoms with Crippen LogP contribution in [0.5, 0.6) is 0 Å². The van der Waals surface area contributed by atoms with Crippen LogP contribution in [0.1, 0.15) is 28.4 Å². The summed E-state index contributed by atoms with van der Waals surface area (Å²) in [6.07, 6.45) is 3.16. The first-order chi connectivity index (χ1) is 19.2. The van der Waals surface area contributed by atoms with E-state index in [0.29, 0.717) is 24.2 Å². The van der Waals surface area contributed by atoms with E-state index < -0.39 is 0 Å². The Morgan fingerprint density at radius 1 is 0.846 bits per heavy atom. The van der Waals surface area contributed by atoms with E-state index in [1.54, 1.807) is 35.2 Å². The monoisotopic (exact) mass is 513 g/mol. The first-order valence-electron chi connectivity index (χ1n) is 13.1. The number of benzene rings is 4. The van der Waals surface area contributed by atoms with Crippen LogP contribution in [0.25, 0.3) is 27.9 Å². The van der Waals surface area contributed by atoms with Gasteiger partial charge in [0.2, 0.25) is 0 Å². The molecule has 0 radical (unpaired) electrons.